The summed E-state index contributed by atoms with van der Waals surface area (Å²) in [4.78, 5) is 35.6. The summed E-state index contributed by atoms with van der Waals surface area (Å²) in [6.07, 6.45) is 0.746. The first-order chi connectivity index (χ1) is 11.5. The van der Waals surface area contributed by atoms with Crippen LogP contribution in [0.3, 0.4) is 0 Å². The van der Waals surface area contributed by atoms with Crippen LogP contribution in [0, 0.1) is 10.1 Å². The van der Waals surface area contributed by atoms with Crippen LogP contribution < -0.4 is 10.2 Å². The fourth-order valence-corrected chi connectivity index (χ4v) is 2.74. The quantitative estimate of drug-likeness (QED) is 0.693. The minimum atomic E-state index is -0.511. The summed E-state index contributed by atoms with van der Waals surface area (Å²) in [5.41, 5.74) is 2.78. The lowest BCUT2D eigenvalue weighted by Crippen LogP contribution is -2.25. The van der Waals surface area contributed by atoms with Crippen molar-refractivity contribution in [2.24, 2.45) is 0 Å². The third-order valence-electron chi connectivity index (χ3n) is 3.95. The Morgan fingerprint density at radius 3 is 2.50 bits per heavy atom. The Balaban J connectivity index is 1.76. The molecule has 7 nitrogen and oxygen atoms in total. The van der Waals surface area contributed by atoms with E-state index in [1.54, 1.807) is 11.0 Å². The van der Waals surface area contributed by atoms with Crippen molar-refractivity contribution in [2.75, 3.05) is 16.8 Å². The fourth-order valence-electron chi connectivity index (χ4n) is 2.74. The molecule has 0 radical (unpaired) electrons. The molecule has 2 amide bonds. The van der Waals surface area contributed by atoms with Crippen LogP contribution in [-0.2, 0) is 11.2 Å². The van der Waals surface area contributed by atoms with Crippen molar-refractivity contribution < 1.29 is 14.5 Å². The van der Waals surface area contributed by atoms with Gasteiger partial charge in [-0.3, -0.25) is 19.7 Å². The zero-order chi connectivity index (χ0) is 17.3. The van der Waals surface area contributed by atoms with E-state index in [9.17, 15) is 19.7 Å². The number of benzene rings is 2. The van der Waals surface area contributed by atoms with E-state index in [1.165, 1.54) is 31.2 Å². The van der Waals surface area contributed by atoms with E-state index in [0.29, 0.717) is 17.8 Å². The highest BCUT2D eigenvalue weighted by molar-refractivity contribution is 6.04. The largest absolute Gasteiger partial charge is 0.322 e. The molecule has 3 rings (SSSR count). The van der Waals surface area contributed by atoms with Crippen molar-refractivity contribution in [3.63, 3.8) is 0 Å². The molecule has 1 N–H and O–H groups in total. The Labute approximate surface area is 138 Å². The third kappa shape index (κ3) is 2.96. The highest BCUT2D eigenvalue weighted by Crippen LogP contribution is 2.30. The van der Waals surface area contributed by atoms with Crippen LogP contribution in [0.25, 0.3) is 0 Å². The van der Waals surface area contributed by atoms with E-state index in [1.807, 2.05) is 12.1 Å². The van der Waals surface area contributed by atoms with E-state index in [0.717, 1.165) is 17.7 Å². The number of hydrogen-bond donors (Lipinski definition) is 1. The first-order valence-corrected chi connectivity index (χ1v) is 7.42. The second kappa shape index (κ2) is 6.11. The molecular formula is C17H15N3O4. The van der Waals surface area contributed by atoms with Crippen molar-refractivity contribution >= 4 is 28.9 Å². The van der Waals surface area contributed by atoms with Crippen molar-refractivity contribution in [3.8, 4) is 0 Å². The van der Waals surface area contributed by atoms with Crippen molar-refractivity contribution in [3.05, 3.63) is 63.7 Å². The number of nitrogens with zero attached hydrogens (tertiary/aromatic N) is 2. The summed E-state index contributed by atoms with van der Waals surface area (Å²) in [7, 11) is 0. The molecule has 0 bridgehead atoms. The summed E-state index contributed by atoms with van der Waals surface area (Å²) in [6, 6.07) is 10.8. The lowest BCUT2D eigenvalue weighted by molar-refractivity contribution is -0.384. The molecule has 2 aromatic rings. The van der Waals surface area contributed by atoms with Crippen molar-refractivity contribution in [1.82, 2.24) is 0 Å². The minimum Gasteiger partial charge on any atom is -0.322 e. The SMILES string of the molecule is CC(=O)N1CCc2cc(NC(=O)c3ccc([N+](=O)[O-])cc3)ccc21. The van der Waals surface area contributed by atoms with E-state index in [4.69, 9.17) is 0 Å². The van der Waals surface area contributed by atoms with Gasteiger partial charge in [0.15, 0.2) is 0 Å². The molecule has 0 saturated heterocycles. The Morgan fingerprint density at radius 1 is 1.17 bits per heavy atom. The number of rotatable bonds is 3. The average Bonchev–Trinajstić information content (AvgIpc) is 2.98. The third-order valence-corrected chi connectivity index (χ3v) is 3.95. The van der Waals surface area contributed by atoms with Gasteiger partial charge in [-0.15, -0.1) is 0 Å². The molecule has 2 aromatic carbocycles. The predicted molar refractivity (Wildman–Crippen MR) is 89.2 cm³/mol. The fraction of sp³-hybridized carbons (Fsp3) is 0.176. The highest BCUT2D eigenvalue weighted by Gasteiger charge is 2.22. The highest BCUT2D eigenvalue weighted by atomic mass is 16.6. The lowest BCUT2D eigenvalue weighted by Gasteiger charge is -2.15. The first kappa shape index (κ1) is 15.7. The van der Waals surface area contributed by atoms with Crippen LogP contribution >= 0.6 is 0 Å². The van der Waals surface area contributed by atoms with E-state index in [2.05, 4.69) is 5.32 Å². The van der Waals surface area contributed by atoms with Gasteiger partial charge < -0.3 is 10.2 Å². The number of fused-ring (bicyclic) bond motifs is 1. The van der Waals surface area contributed by atoms with Gasteiger partial charge in [0.05, 0.1) is 4.92 Å². The van der Waals surface area contributed by atoms with Crippen LogP contribution in [0.1, 0.15) is 22.8 Å². The molecule has 24 heavy (non-hydrogen) atoms. The van der Waals surface area contributed by atoms with Crippen LogP contribution in [0.4, 0.5) is 17.1 Å². The molecule has 7 heteroatoms. The number of carbonyl (C=O) groups excluding carboxylic acids is 2. The lowest BCUT2D eigenvalue weighted by atomic mass is 10.1. The maximum Gasteiger partial charge on any atom is 0.269 e. The van der Waals surface area contributed by atoms with Crippen molar-refractivity contribution in [1.29, 1.82) is 0 Å². The van der Waals surface area contributed by atoms with Gasteiger partial charge in [0.2, 0.25) is 5.91 Å². The van der Waals surface area contributed by atoms with Crippen LogP contribution in [-0.4, -0.2) is 23.3 Å². The molecule has 0 unspecified atom stereocenters. The number of nitro groups is 1. The minimum absolute atomic E-state index is 0.00332. The van der Waals surface area contributed by atoms with E-state index in [-0.39, 0.29) is 17.5 Å². The molecule has 0 aromatic heterocycles. The molecule has 0 aliphatic carbocycles. The Kier molecular flexibility index (Phi) is 3.99. The van der Waals surface area contributed by atoms with Crippen LogP contribution in [0.5, 0.6) is 0 Å². The number of hydrogen-bond acceptors (Lipinski definition) is 4. The Hall–Kier alpha value is -3.22. The van der Waals surface area contributed by atoms with E-state index < -0.39 is 4.92 Å². The smallest absolute Gasteiger partial charge is 0.269 e. The van der Waals surface area contributed by atoms with E-state index >= 15 is 0 Å². The molecule has 1 aliphatic heterocycles. The summed E-state index contributed by atoms with van der Waals surface area (Å²) in [5, 5.41) is 13.4. The van der Waals surface area contributed by atoms with Crippen molar-refractivity contribution in [2.45, 2.75) is 13.3 Å². The van der Waals surface area contributed by atoms with Crippen LogP contribution in [0.2, 0.25) is 0 Å². The monoisotopic (exact) mass is 325 g/mol. The zero-order valence-electron chi connectivity index (χ0n) is 13.0. The summed E-state index contributed by atoms with van der Waals surface area (Å²) in [5.74, 6) is -0.345. The van der Waals surface area contributed by atoms with Gasteiger partial charge in [0.25, 0.3) is 11.6 Å². The number of nitro benzene ring substituents is 1. The Morgan fingerprint density at radius 2 is 1.88 bits per heavy atom. The normalized spacial score (nSPS) is 12.6. The maximum atomic E-state index is 12.2. The molecule has 122 valence electrons. The van der Waals surface area contributed by atoms with Gasteiger partial charge in [0.1, 0.15) is 0 Å². The second-order valence-corrected chi connectivity index (χ2v) is 5.52. The number of non-ortho nitro benzene ring substituents is 1. The molecule has 0 atom stereocenters. The van der Waals surface area contributed by atoms with Crippen LogP contribution in [0.15, 0.2) is 42.5 Å². The average molecular weight is 325 g/mol. The predicted octanol–water partition coefficient (Wildman–Crippen LogP) is 2.76. The molecule has 0 spiro atoms. The zero-order valence-corrected chi connectivity index (χ0v) is 13.0. The number of anilines is 2. The van der Waals surface area contributed by atoms with Gasteiger partial charge in [0, 0.05) is 42.5 Å². The topological polar surface area (TPSA) is 92.6 Å². The second-order valence-electron chi connectivity index (χ2n) is 5.52. The molecule has 1 aliphatic rings. The maximum absolute atomic E-state index is 12.2. The van der Waals surface area contributed by atoms with Gasteiger partial charge in [-0.1, -0.05) is 0 Å². The van der Waals surface area contributed by atoms with Gasteiger partial charge in [-0.05, 0) is 42.3 Å². The molecular weight excluding hydrogens is 310 g/mol. The number of amides is 2. The summed E-state index contributed by atoms with van der Waals surface area (Å²) >= 11 is 0. The standard InChI is InChI=1S/C17H15N3O4/c1-11(21)19-9-8-13-10-14(4-7-16(13)19)18-17(22)12-2-5-15(6-3-12)20(23)24/h2-7,10H,8-9H2,1H3,(H,18,22). The number of carbonyl (C=O) groups is 2. The summed E-state index contributed by atoms with van der Waals surface area (Å²) < 4.78 is 0. The molecule has 0 saturated carbocycles. The molecule has 0 fully saturated rings. The first-order valence-electron chi connectivity index (χ1n) is 7.42. The van der Waals surface area contributed by atoms with Gasteiger partial charge in [-0.25, -0.2) is 0 Å². The molecule has 1 heterocycles. The summed E-state index contributed by atoms with van der Waals surface area (Å²) in [6.45, 7) is 2.17. The van der Waals surface area contributed by atoms with Gasteiger partial charge >= 0.3 is 0 Å². The van der Waals surface area contributed by atoms with Gasteiger partial charge in [-0.2, -0.15) is 0 Å². The number of nitrogens with one attached hydrogen (secondary N) is 1. The Bertz CT molecular complexity index is 830.